The van der Waals surface area contributed by atoms with E-state index in [0.29, 0.717) is 18.2 Å². The summed E-state index contributed by atoms with van der Waals surface area (Å²) in [7, 11) is 0. The van der Waals surface area contributed by atoms with Crippen molar-refractivity contribution in [2.24, 2.45) is 0 Å². The SMILES string of the molecule is CCOC(=O)C1OCCc2c(Cl)cccc21. The van der Waals surface area contributed by atoms with Crippen molar-refractivity contribution in [1.82, 2.24) is 0 Å². The molecule has 3 nitrogen and oxygen atoms in total. The summed E-state index contributed by atoms with van der Waals surface area (Å²) in [4.78, 5) is 11.7. The lowest BCUT2D eigenvalue weighted by atomic mass is 9.97. The highest BCUT2D eigenvalue weighted by atomic mass is 35.5. The van der Waals surface area contributed by atoms with Crippen molar-refractivity contribution in [3.63, 3.8) is 0 Å². The van der Waals surface area contributed by atoms with Crippen LogP contribution in [-0.4, -0.2) is 19.2 Å². The van der Waals surface area contributed by atoms with Gasteiger partial charge >= 0.3 is 5.97 Å². The van der Waals surface area contributed by atoms with E-state index in [1.54, 1.807) is 6.92 Å². The second-order valence-electron chi connectivity index (χ2n) is 3.56. The summed E-state index contributed by atoms with van der Waals surface area (Å²) in [6, 6.07) is 5.51. The van der Waals surface area contributed by atoms with Gasteiger partial charge in [-0.25, -0.2) is 4.79 Å². The molecule has 0 radical (unpaired) electrons. The minimum absolute atomic E-state index is 0.342. The van der Waals surface area contributed by atoms with E-state index in [0.717, 1.165) is 17.5 Å². The third-order valence-electron chi connectivity index (χ3n) is 2.57. The average molecular weight is 241 g/mol. The fraction of sp³-hybridized carbons (Fsp3) is 0.417. The average Bonchev–Trinajstić information content (AvgIpc) is 2.29. The summed E-state index contributed by atoms with van der Waals surface area (Å²) >= 11 is 6.08. The summed E-state index contributed by atoms with van der Waals surface area (Å²) in [6.07, 6.45) is 0.118. The fourth-order valence-electron chi connectivity index (χ4n) is 1.87. The molecule has 4 heteroatoms. The molecule has 0 bridgehead atoms. The molecule has 1 aliphatic rings. The van der Waals surface area contributed by atoms with Gasteiger partial charge in [-0.1, -0.05) is 23.7 Å². The van der Waals surface area contributed by atoms with Crippen LogP contribution in [0.5, 0.6) is 0 Å². The van der Waals surface area contributed by atoms with Crippen molar-refractivity contribution < 1.29 is 14.3 Å². The quantitative estimate of drug-likeness (QED) is 0.746. The number of halogens is 1. The van der Waals surface area contributed by atoms with Crippen molar-refractivity contribution >= 4 is 17.6 Å². The van der Waals surface area contributed by atoms with Crippen LogP contribution in [0.4, 0.5) is 0 Å². The van der Waals surface area contributed by atoms with Crippen molar-refractivity contribution in [3.8, 4) is 0 Å². The molecular formula is C12H13ClO3. The van der Waals surface area contributed by atoms with Gasteiger partial charge in [0.05, 0.1) is 13.2 Å². The molecule has 1 unspecified atom stereocenters. The zero-order chi connectivity index (χ0) is 11.5. The third kappa shape index (κ3) is 2.06. The lowest BCUT2D eigenvalue weighted by molar-refractivity contribution is -0.158. The summed E-state index contributed by atoms with van der Waals surface area (Å²) in [5.74, 6) is -0.342. The first-order chi connectivity index (χ1) is 7.74. The second-order valence-corrected chi connectivity index (χ2v) is 3.97. The number of hydrogen-bond donors (Lipinski definition) is 0. The van der Waals surface area contributed by atoms with Gasteiger partial charge in [-0.15, -0.1) is 0 Å². The van der Waals surface area contributed by atoms with E-state index in [-0.39, 0.29) is 5.97 Å². The Bertz CT molecular complexity index is 403. The van der Waals surface area contributed by atoms with Crippen LogP contribution >= 0.6 is 11.6 Å². The van der Waals surface area contributed by atoms with Crippen LogP contribution in [0.2, 0.25) is 5.02 Å². The van der Waals surface area contributed by atoms with Crippen LogP contribution in [0.1, 0.15) is 24.2 Å². The Morgan fingerprint density at radius 2 is 2.44 bits per heavy atom. The molecular weight excluding hydrogens is 228 g/mol. The Labute approximate surface area is 99.3 Å². The summed E-state index contributed by atoms with van der Waals surface area (Å²) in [5.41, 5.74) is 1.82. The molecule has 1 aromatic carbocycles. The van der Waals surface area contributed by atoms with Gasteiger partial charge in [-0.2, -0.15) is 0 Å². The molecule has 1 atom stereocenters. The molecule has 0 N–H and O–H groups in total. The highest BCUT2D eigenvalue weighted by molar-refractivity contribution is 6.31. The molecule has 0 aliphatic carbocycles. The normalized spacial score (nSPS) is 19.0. The number of esters is 1. The van der Waals surface area contributed by atoms with E-state index in [1.165, 1.54) is 0 Å². The van der Waals surface area contributed by atoms with Gasteiger partial charge in [0.25, 0.3) is 0 Å². The molecule has 0 spiro atoms. The monoisotopic (exact) mass is 240 g/mol. The Balaban J connectivity index is 2.33. The maximum Gasteiger partial charge on any atom is 0.339 e. The van der Waals surface area contributed by atoms with Gasteiger partial charge in [0.2, 0.25) is 0 Å². The Hall–Kier alpha value is -1.06. The molecule has 1 heterocycles. The predicted molar refractivity (Wildman–Crippen MR) is 60.5 cm³/mol. The lowest BCUT2D eigenvalue weighted by Gasteiger charge is -2.25. The molecule has 0 aromatic heterocycles. The maximum absolute atomic E-state index is 11.7. The number of carbonyl (C=O) groups is 1. The van der Waals surface area contributed by atoms with Crippen LogP contribution in [0.25, 0.3) is 0 Å². The Morgan fingerprint density at radius 1 is 1.62 bits per heavy atom. The van der Waals surface area contributed by atoms with Crippen molar-refractivity contribution in [2.45, 2.75) is 19.4 Å². The van der Waals surface area contributed by atoms with Gasteiger partial charge in [-0.3, -0.25) is 0 Å². The third-order valence-corrected chi connectivity index (χ3v) is 2.93. The van der Waals surface area contributed by atoms with Crippen LogP contribution in [0.3, 0.4) is 0 Å². The number of carbonyl (C=O) groups excluding carboxylic acids is 1. The van der Waals surface area contributed by atoms with Crippen LogP contribution in [0.15, 0.2) is 18.2 Å². The van der Waals surface area contributed by atoms with Crippen LogP contribution in [0, 0.1) is 0 Å². The zero-order valence-corrected chi connectivity index (χ0v) is 9.79. The smallest absolute Gasteiger partial charge is 0.339 e. The molecule has 1 aliphatic heterocycles. The van der Waals surface area contributed by atoms with E-state index in [4.69, 9.17) is 21.1 Å². The minimum Gasteiger partial charge on any atom is -0.464 e. The Morgan fingerprint density at radius 3 is 3.19 bits per heavy atom. The number of fused-ring (bicyclic) bond motifs is 1. The van der Waals surface area contributed by atoms with Gasteiger partial charge in [0.1, 0.15) is 0 Å². The molecule has 0 amide bonds. The van der Waals surface area contributed by atoms with Gasteiger partial charge in [0, 0.05) is 5.02 Å². The van der Waals surface area contributed by atoms with Gasteiger partial charge in [-0.05, 0) is 30.5 Å². The first-order valence-electron chi connectivity index (χ1n) is 5.29. The maximum atomic E-state index is 11.7. The predicted octanol–water partition coefficient (Wildman–Crippen LogP) is 2.52. The summed E-state index contributed by atoms with van der Waals surface area (Å²) in [5, 5.41) is 0.690. The molecule has 1 aromatic rings. The van der Waals surface area contributed by atoms with Crippen molar-refractivity contribution in [3.05, 3.63) is 34.3 Å². The second kappa shape index (κ2) is 4.85. The first kappa shape index (κ1) is 11.4. The molecule has 2 rings (SSSR count). The van der Waals surface area contributed by atoms with E-state index in [2.05, 4.69) is 0 Å². The molecule has 0 fully saturated rings. The van der Waals surface area contributed by atoms with E-state index < -0.39 is 6.10 Å². The lowest BCUT2D eigenvalue weighted by Crippen LogP contribution is -2.25. The zero-order valence-electron chi connectivity index (χ0n) is 9.03. The van der Waals surface area contributed by atoms with Crippen molar-refractivity contribution in [1.29, 1.82) is 0 Å². The Kier molecular flexibility index (Phi) is 3.46. The topological polar surface area (TPSA) is 35.5 Å². The van der Waals surface area contributed by atoms with E-state index in [1.807, 2.05) is 18.2 Å². The number of ether oxygens (including phenoxy) is 2. The molecule has 86 valence electrons. The highest BCUT2D eigenvalue weighted by Crippen LogP contribution is 2.32. The number of hydrogen-bond acceptors (Lipinski definition) is 3. The minimum atomic E-state index is -0.623. The standard InChI is InChI=1S/C12H13ClO3/c1-2-15-12(14)11-9-4-3-5-10(13)8(9)6-7-16-11/h3-5,11H,2,6-7H2,1H3. The highest BCUT2D eigenvalue weighted by Gasteiger charge is 2.29. The van der Waals surface area contributed by atoms with E-state index >= 15 is 0 Å². The number of benzene rings is 1. The fourth-order valence-corrected chi connectivity index (χ4v) is 2.14. The van der Waals surface area contributed by atoms with E-state index in [9.17, 15) is 4.79 Å². The summed E-state index contributed by atoms with van der Waals surface area (Å²) in [6.45, 7) is 2.63. The molecule has 0 saturated carbocycles. The molecule has 0 saturated heterocycles. The molecule has 16 heavy (non-hydrogen) atoms. The largest absolute Gasteiger partial charge is 0.464 e. The first-order valence-corrected chi connectivity index (χ1v) is 5.67. The van der Waals surface area contributed by atoms with Gasteiger partial charge < -0.3 is 9.47 Å². The summed E-state index contributed by atoms with van der Waals surface area (Å²) < 4.78 is 10.4. The van der Waals surface area contributed by atoms with Crippen LogP contribution < -0.4 is 0 Å². The number of rotatable bonds is 2. The van der Waals surface area contributed by atoms with Crippen molar-refractivity contribution in [2.75, 3.05) is 13.2 Å². The van der Waals surface area contributed by atoms with Gasteiger partial charge in [0.15, 0.2) is 6.10 Å². The van der Waals surface area contributed by atoms with Crippen LogP contribution in [-0.2, 0) is 20.7 Å².